The van der Waals surface area contributed by atoms with Gasteiger partial charge in [-0.2, -0.15) is 0 Å². The highest BCUT2D eigenvalue weighted by molar-refractivity contribution is 6.02. The number of nitrogens with one attached hydrogen (secondary N) is 1. The van der Waals surface area contributed by atoms with Crippen molar-refractivity contribution in [1.82, 2.24) is 9.97 Å². The summed E-state index contributed by atoms with van der Waals surface area (Å²) in [5.74, 6) is -0.126. The second kappa shape index (κ2) is 14.2. The Morgan fingerprint density at radius 3 is 1.89 bits per heavy atom. The van der Waals surface area contributed by atoms with Crippen LogP contribution in [0.2, 0.25) is 0 Å². The van der Waals surface area contributed by atoms with Crippen molar-refractivity contribution >= 4 is 22.7 Å². The fraction of sp³-hybridized carbons (Fsp3) is 0.175. The van der Waals surface area contributed by atoms with Gasteiger partial charge < -0.3 is 19.2 Å². The third-order valence-electron chi connectivity index (χ3n) is 8.11. The number of nitrogens with zero attached hydrogens (tertiary/aromatic N) is 1. The predicted octanol–water partition coefficient (Wildman–Crippen LogP) is 8.82. The van der Waals surface area contributed by atoms with Gasteiger partial charge in [0.1, 0.15) is 25.6 Å². The average molecular weight is 625 g/mol. The first-order valence-corrected chi connectivity index (χ1v) is 15.7. The van der Waals surface area contributed by atoms with Crippen molar-refractivity contribution in [2.75, 3.05) is 0 Å². The smallest absolute Gasteiger partial charge is 0.347 e. The molecule has 0 radical (unpaired) electrons. The van der Waals surface area contributed by atoms with Gasteiger partial charge in [-0.1, -0.05) is 110 Å². The number of carbonyl (C=O) groups is 2. The molecule has 4 aromatic carbocycles. The SMILES string of the molecule is CCc1c(-c2ccc3c(C)c(C(C)=O)[nH]c3c2)nc(OCc2ccccc2)c(C(=O)OCc2ccccc2)c1OCc1ccccc1. The molecule has 0 saturated carbocycles. The second-order valence-electron chi connectivity index (χ2n) is 11.4. The Kier molecular flexibility index (Phi) is 9.43. The predicted molar refractivity (Wildman–Crippen MR) is 183 cm³/mol. The van der Waals surface area contributed by atoms with Crippen LogP contribution in [0.1, 0.15) is 62.5 Å². The van der Waals surface area contributed by atoms with E-state index in [0.717, 1.165) is 44.3 Å². The van der Waals surface area contributed by atoms with E-state index < -0.39 is 5.97 Å². The Morgan fingerprint density at radius 1 is 0.745 bits per heavy atom. The highest BCUT2D eigenvalue weighted by Crippen LogP contribution is 2.40. The van der Waals surface area contributed by atoms with Crippen molar-refractivity contribution in [3.63, 3.8) is 0 Å². The first-order chi connectivity index (χ1) is 22.9. The molecular weight excluding hydrogens is 588 g/mol. The van der Waals surface area contributed by atoms with Gasteiger partial charge in [0, 0.05) is 29.0 Å². The molecule has 0 amide bonds. The monoisotopic (exact) mass is 624 g/mol. The van der Waals surface area contributed by atoms with Crippen molar-refractivity contribution in [2.45, 2.75) is 47.0 Å². The van der Waals surface area contributed by atoms with Gasteiger partial charge >= 0.3 is 5.97 Å². The minimum atomic E-state index is -0.588. The number of carbonyl (C=O) groups excluding carboxylic acids is 2. The summed E-state index contributed by atoms with van der Waals surface area (Å²) in [6, 6.07) is 35.0. The van der Waals surface area contributed by atoms with Crippen LogP contribution in [0.25, 0.3) is 22.2 Å². The van der Waals surface area contributed by atoms with Crippen molar-refractivity contribution < 1.29 is 23.8 Å². The number of ether oxygens (including phenoxy) is 3. The molecule has 2 aromatic heterocycles. The number of pyridine rings is 1. The Labute approximate surface area is 274 Å². The molecule has 6 aromatic rings. The van der Waals surface area contributed by atoms with Gasteiger partial charge in [-0.05, 0) is 41.7 Å². The first kappa shape index (κ1) is 31.3. The van der Waals surface area contributed by atoms with Gasteiger partial charge in [-0.3, -0.25) is 4.79 Å². The fourth-order valence-corrected chi connectivity index (χ4v) is 5.68. The van der Waals surface area contributed by atoms with Crippen molar-refractivity contribution in [3.05, 3.63) is 148 Å². The van der Waals surface area contributed by atoms with Crippen LogP contribution >= 0.6 is 0 Å². The summed E-state index contributed by atoms with van der Waals surface area (Å²) >= 11 is 0. The van der Waals surface area contributed by atoms with Crippen LogP contribution in [0, 0.1) is 6.92 Å². The Bertz CT molecular complexity index is 2020. The molecular formula is C40H36N2O5. The lowest BCUT2D eigenvalue weighted by Gasteiger charge is -2.21. The van der Waals surface area contributed by atoms with E-state index in [0.29, 0.717) is 23.6 Å². The third-order valence-corrected chi connectivity index (χ3v) is 8.11. The van der Waals surface area contributed by atoms with Crippen LogP contribution in [0.4, 0.5) is 0 Å². The van der Waals surface area contributed by atoms with Crippen LogP contribution < -0.4 is 9.47 Å². The minimum absolute atomic E-state index is 0.0285. The van der Waals surface area contributed by atoms with E-state index in [4.69, 9.17) is 19.2 Å². The van der Waals surface area contributed by atoms with E-state index in [1.54, 1.807) is 6.92 Å². The maximum absolute atomic E-state index is 14.0. The minimum Gasteiger partial charge on any atom is -0.487 e. The normalized spacial score (nSPS) is 11.0. The summed E-state index contributed by atoms with van der Waals surface area (Å²) in [4.78, 5) is 34.6. The zero-order valence-electron chi connectivity index (χ0n) is 26.7. The van der Waals surface area contributed by atoms with E-state index in [1.807, 2.05) is 123 Å². The number of H-pyrrole nitrogens is 1. The quantitative estimate of drug-likeness (QED) is 0.108. The maximum Gasteiger partial charge on any atom is 0.347 e. The number of hydrogen-bond donors (Lipinski definition) is 1. The van der Waals surface area contributed by atoms with E-state index in [2.05, 4.69) is 4.98 Å². The molecule has 0 aliphatic rings. The van der Waals surface area contributed by atoms with Crippen molar-refractivity contribution in [2.24, 2.45) is 0 Å². The number of aryl methyl sites for hydroxylation is 1. The fourth-order valence-electron chi connectivity index (χ4n) is 5.68. The Balaban J connectivity index is 1.50. The number of benzene rings is 4. The van der Waals surface area contributed by atoms with Crippen LogP contribution in [0.3, 0.4) is 0 Å². The molecule has 47 heavy (non-hydrogen) atoms. The Morgan fingerprint density at radius 2 is 1.32 bits per heavy atom. The second-order valence-corrected chi connectivity index (χ2v) is 11.4. The molecule has 0 atom stereocenters. The molecule has 0 fully saturated rings. The molecule has 0 aliphatic heterocycles. The van der Waals surface area contributed by atoms with Gasteiger partial charge in [-0.25, -0.2) is 9.78 Å². The summed E-state index contributed by atoms with van der Waals surface area (Å²) in [5.41, 5.74) is 7.33. The van der Waals surface area contributed by atoms with Crippen LogP contribution in [0.5, 0.6) is 11.6 Å². The zero-order chi connectivity index (χ0) is 32.8. The van der Waals surface area contributed by atoms with Gasteiger partial charge in [0.05, 0.1) is 11.4 Å². The average Bonchev–Trinajstić information content (AvgIpc) is 3.45. The van der Waals surface area contributed by atoms with Crippen LogP contribution in [-0.2, 0) is 31.0 Å². The lowest BCUT2D eigenvalue weighted by molar-refractivity contribution is 0.0460. The first-order valence-electron chi connectivity index (χ1n) is 15.7. The summed E-state index contributed by atoms with van der Waals surface area (Å²) in [5, 5.41) is 0.958. The number of ketones is 1. The lowest BCUT2D eigenvalue weighted by Crippen LogP contribution is -2.15. The highest BCUT2D eigenvalue weighted by atomic mass is 16.5. The molecule has 236 valence electrons. The maximum atomic E-state index is 14.0. The number of aromatic amines is 1. The zero-order valence-corrected chi connectivity index (χ0v) is 26.7. The van der Waals surface area contributed by atoms with E-state index in [-0.39, 0.29) is 37.0 Å². The number of rotatable bonds is 12. The van der Waals surface area contributed by atoms with Gasteiger partial charge in [-0.15, -0.1) is 0 Å². The number of hydrogen-bond acceptors (Lipinski definition) is 6. The van der Waals surface area contributed by atoms with Crippen LogP contribution in [-0.4, -0.2) is 21.7 Å². The largest absolute Gasteiger partial charge is 0.487 e. The number of Topliss-reactive ketones (excluding diaryl/α,β-unsaturated/α-hetero) is 1. The summed E-state index contributed by atoms with van der Waals surface area (Å²) in [6.45, 7) is 5.99. The molecule has 7 nitrogen and oxygen atoms in total. The number of esters is 1. The third kappa shape index (κ3) is 6.94. The van der Waals surface area contributed by atoms with Crippen LogP contribution in [0.15, 0.2) is 109 Å². The number of aromatic nitrogens is 2. The highest BCUT2D eigenvalue weighted by Gasteiger charge is 2.29. The summed E-state index contributed by atoms with van der Waals surface area (Å²) < 4.78 is 18.8. The molecule has 0 spiro atoms. The summed E-state index contributed by atoms with van der Waals surface area (Å²) in [7, 11) is 0. The molecule has 2 heterocycles. The Hall–Kier alpha value is -5.69. The molecule has 0 unspecified atom stereocenters. The molecule has 0 aliphatic carbocycles. The van der Waals surface area contributed by atoms with E-state index in [9.17, 15) is 9.59 Å². The van der Waals surface area contributed by atoms with Gasteiger partial charge in [0.2, 0.25) is 5.88 Å². The van der Waals surface area contributed by atoms with Crippen molar-refractivity contribution in [1.29, 1.82) is 0 Å². The summed E-state index contributed by atoms with van der Waals surface area (Å²) in [6.07, 6.45) is 0.519. The molecule has 0 saturated heterocycles. The standard InChI is InChI=1S/C40H36N2O5/c1-4-32-37(31-20-21-33-26(2)36(27(3)43)41-34(33)22-31)42-39(46-24-29-16-10-6-11-17-29)35(38(32)45-23-28-14-8-5-9-15-28)40(44)47-25-30-18-12-7-13-19-30/h5-22,41H,4,23-25H2,1-3H3. The number of fused-ring (bicyclic) bond motifs is 1. The van der Waals surface area contributed by atoms with Gasteiger partial charge in [0.25, 0.3) is 0 Å². The van der Waals surface area contributed by atoms with Crippen molar-refractivity contribution in [3.8, 4) is 22.9 Å². The molecule has 7 heteroatoms. The lowest BCUT2D eigenvalue weighted by atomic mass is 9.98. The van der Waals surface area contributed by atoms with E-state index in [1.165, 1.54) is 0 Å². The molecule has 1 N–H and O–H groups in total. The molecule has 6 rings (SSSR count). The molecule has 0 bridgehead atoms. The van der Waals surface area contributed by atoms with Gasteiger partial charge in [0.15, 0.2) is 11.3 Å². The topological polar surface area (TPSA) is 90.5 Å². The van der Waals surface area contributed by atoms with E-state index >= 15 is 0 Å².